The molecule has 0 unspecified atom stereocenters. The van der Waals surface area contributed by atoms with Gasteiger partial charge in [0.2, 0.25) is 5.91 Å². The maximum Gasteiger partial charge on any atom is 0.222 e. The van der Waals surface area contributed by atoms with E-state index in [0.29, 0.717) is 5.91 Å². The molecule has 1 saturated heterocycles. The van der Waals surface area contributed by atoms with Crippen molar-refractivity contribution in [3.8, 4) is 0 Å². The molecular weight excluding hydrogens is 114 g/mol. The van der Waals surface area contributed by atoms with Crippen molar-refractivity contribution in [3.05, 3.63) is 0 Å². The molecule has 0 saturated carbocycles. The first kappa shape index (κ1) is 8.47. The van der Waals surface area contributed by atoms with Crippen LogP contribution in [0.15, 0.2) is 0 Å². The highest BCUT2D eigenvalue weighted by Gasteiger charge is 2.16. The lowest BCUT2D eigenvalue weighted by Crippen LogP contribution is -2.23. The molecule has 0 aromatic rings. The van der Waals surface area contributed by atoms with Gasteiger partial charge in [-0.15, -0.1) is 0 Å². The van der Waals surface area contributed by atoms with Crippen molar-refractivity contribution in [1.82, 2.24) is 4.90 Å². The van der Waals surface area contributed by atoms with E-state index in [1.54, 1.807) is 0 Å². The Bertz CT molecular complexity index is 101. The summed E-state index contributed by atoms with van der Waals surface area (Å²) in [5, 5.41) is 0. The molecule has 1 aliphatic rings. The lowest BCUT2D eigenvalue weighted by molar-refractivity contribution is -0.127. The third kappa shape index (κ3) is 1.70. The summed E-state index contributed by atoms with van der Waals surface area (Å²) in [6.07, 6.45) is 1.83. The largest absolute Gasteiger partial charge is 0.343 e. The summed E-state index contributed by atoms with van der Waals surface area (Å²) in [5.41, 5.74) is 0. The first-order chi connectivity index (χ1) is 3.84. The van der Waals surface area contributed by atoms with E-state index < -0.39 is 0 Å². The fraction of sp³-hybridized carbons (Fsp3) is 0.857. The molecule has 0 aromatic heterocycles. The molecule has 2 nitrogen and oxygen atoms in total. The van der Waals surface area contributed by atoms with E-state index in [9.17, 15) is 4.79 Å². The fourth-order valence-corrected chi connectivity index (χ4v) is 1.04. The molecule has 2 heteroatoms. The number of amides is 1. The second-order valence-electron chi connectivity index (χ2n) is 2.08. The first-order valence-electron chi connectivity index (χ1n) is 3.12. The monoisotopic (exact) mass is 129 g/mol. The van der Waals surface area contributed by atoms with E-state index in [-0.39, 0.29) is 7.43 Å². The lowest BCUT2D eigenvalue weighted by Gasteiger charge is -2.10. The van der Waals surface area contributed by atoms with Gasteiger partial charge in [0.1, 0.15) is 0 Å². The summed E-state index contributed by atoms with van der Waals surface area (Å²) < 4.78 is 0. The van der Waals surface area contributed by atoms with E-state index in [2.05, 4.69) is 0 Å². The molecule has 0 aromatic carbocycles. The van der Waals surface area contributed by atoms with Gasteiger partial charge in [0.25, 0.3) is 0 Å². The van der Waals surface area contributed by atoms with Gasteiger partial charge in [-0.25, -0.2) is 0 Å². The van der Waals surface area contributed by atoms with Crippen LogP contribution < -0.4 is 0 Å². The minimum absolute atomic E-state index is 0. The number of carbonyl (C=O) groups is 1. The summed E-state index contributed by atoms with van der Waals surface area (Å²) in [6.45, 7) is 3.89. The van der Waals surface area contributed by atoms with Gasteiger partial charge in [-0.3, -0.25) is 4.79 Å². The second kappa shape index (κ2) is 3.49. The number of hydrogen-bond donors (Lipinski definition) is 0. The molecule has 1 rings (SSSR count). The van der Waals surface area contributed by atoms with E-state index in [1.165, 1.54) is 0 Å². The van der Waals surface area contributed by atoms with Crippen molar-refractivity contribution >= 4 is 5.91 Å². The highest BCUT2D eigenvalue weighted by Crippen LogP contribution is 2.07. The Balaban J connectivity index is 0.000000640. The van der Waals surface area contributed by atoms with Crippen LogP contribution in [0.1, 0.15) is 27.2 Å². The third-order valence-electron chi connectivity index (χ3n) is 1.55. The van der Waals surface area contributed by atoms with Gasteiger partial charge < -0.3 is 4.90 Å². The zero-order valence-electron chi connectivity index (χ0n) is 5.18. The van der Waals surface area contributed by atoms with Crippen LogP contribution in [0.3, 0.4) is 0 Å². The van der Waals surface area contributed by atoms with E-state index in [4.69, 9.17) is 0 Å². The lowest BCUT2D eigenvalue weighted by atomic mass is 10.4. The summed E-state index contributed by atoms with van der Waals surface area (Å²) >= 11 is 0. The van der Waals surface area contributed by atoms with Crippen LogP contribution in [0, 0.1) is 0 Å². The fourth-order valence-electron chi connectivity index (χ4n) is 1.04. The Hall–Kier alpha value is -0.530. The number of hydrogen-bond acceptors (Lipinski definition) is 1. The van der Waals surface area contributed by atoms with Gasteiger partial charge >= 0.3 is 0 Å². The molecule has 54 valence electrons. The number of rotatable bonds is 1. The van der Waals surface area contributed by atoms with Crippen molar-refractivity contribution in [2.45, 2.75) is 27.2 Å². The van der Waals surface area contributed by atoms with Crippen LogP contribution in [0.4, 0.5) is 0 Å². The molecule has 0 aliphatic carbocycles. The Kier molecular flexibility index (Phi) is 3.28. The molecule has 1 heterocycles. The van der Waals surface area contributed by atoms with Crippen molar-refractivity contribution in [3.63, 3.8) is 0 Å². The predicted octanol–water partition coefficient (Wildman–Crippen LogP) is 1.26. The molecule has 0 atom stereocenters. The predicted molar refractivity (Wildman–Crippen MR) is 38.2 cm³/mol. The van der Waals surface area contributed by atoms with Gasteiger partial charge in [0.05, 0.1) is 0 Å². The summed E-state index contributed by atoms with van der Waals surface area (Å²) in [5.74, 6) is 0.326. The van der Waals surface area contributed by atoms with E-state index in [1.807, 2.05) is 11.8 Å². The van der Waals surface area contributed by atoms with Crippen LogP contribution in [-0.4, -0.2) is 23.9 Å². The topological polar surface area (TPSA) is 20.3 Å². The average Bonchev–Trinajstić information content (AvgIpc) is 2.14. The SMILES string of the molecule is C.CCN1CCCC1=O. The molecular formula is C7H15NO. The molecule has 1 fully saturated rings. The van der Waals surface area contributed by atoms with E-state index in [0.717, 1.165) is 25.9 Å². The molecule has 0 N–H and O–H groups in total. The van der Waals surface area contributed by atoms with Crippen LogP contribution in [0.25, 0.3) is 0 Å². The Labute approximate surface area is 56.9 Å². The van der Waals surface area contributed by atoms with Gasteiger partial charge in [-0.1, -0.05) is 7.43 Å². The number of carbonyl (C=O) groups excluding carboxylic acids is 1. The van der Waals surface area contributed by atoms with Crippen LogP contribution >= 0.6 is 0 Å². The number of likely N-dealkylation sites (tertiary alicyclic amines) is 1. The summed E-state index contributed by atoms with van der Waals surface area (Å²) in [4.78, 5) is 12.6. The summed E-state index contributed by atoms with van der Waals surface area (Å²) in [7, 11) is 0. The van der Waals surface area contributed by atoms with Crippen LogP contribution in [0.2, 0.25) is 0 Å². The van der Waals surface area contributed by atoms with Gasteiger partial charge in [-0.2, -0.15) is 0 Å². The highest BCUT2D eigenvalue weighted by atomic mass is 16.2. The normalized spacial score (nSPS) is 17.9. The quantitative estimate of drug-likeness (QED) is 0.522. The van der Waals surface area contributed by atoms with Crippen LogP contribution in [0.5, 0.6) is 0 Å². The third-order valence-corrected chi connectivity index (χ3v) is 1.55. The maximum atomic E-state index is 10.7. The van der Waals surface area contributed by atoms with Gasteiger partial charge in [0.15, 0.2) is 0 Å². The zero-order chi connectivity index (χ0) is 5.98. The minimum Gasteiger partial charge on any atom is -0.343 e. The van der Waals surface area contributed by atoms with Crippen LogP contribution in [-0.2, 0) is 4.79 Å². The molecule has 0 radical (unpaired) electrons. The van der Waals surface area contributed by atoms with E-state index >= 15 is 0 Å². The van der Waals surface area contributed by atoms with Crippen molar-refractivity contribution in [2.75, 3.05) is 13.1 Å². The zero-order valence-corrected chi connectivity index (χ0v) is 5.18. The minimum atomic E-state index is 0. The van der Waals surface area contributed by atoms with Gasteiger partial charge in [-0.05, 0) is 13.3 Å². The van der Waals surface area contributed by atoms with Crippen molar-refractivity contribution < 1.29 is 4.79 Å². The maximum absolute atomic E-state index is 10.7. The molecule has 0 spiro atoms. The van der Waals surface area contributed by atoms with Crippen molar-refractivity contribution in [1.29, 1.82) is 0 Å². The Morgan fingerprint density at radius 1 is 1.67 bits per heavy atom. The Morgan fingerprint density at radius 3 is 2.56 bits per heavy atom. The highest BCUT2D eigenvalue weighted by molar-refractivity contribution is 5.77. The molecule has 9 heavy (non-hydrogen) atoms. The molecule has 0 bridgehead atoms. The average molecular weight is 129 g/mol. The molecule has 1 aliphatic heterocycles. The van der Waals surface area contributed by atoms with Gasteiger partial charge in [0, 0.05) is 19.5 Å². The first-order valence-corrected chi connectivity index (χ1v) is 3.12. The standard InChI is InChI=1S/C6H11NO.CH4/c1-2-7-5-3-4-6(7)8;/h2-5H2,1H3;1H4. The molecule has 1 amide bonds. The summed E-state index contributed by atoms with van der Waals surface area (Å²) in [6, 6.07) is 0. The van der Waals surface area contributed by atoms with Crippen molar-refractivity contribution in [2.24, 2.45) is 0 Å². The second-order valence-corrected chi connectivity index (χ2v) is 2.08. The number of nitrogens with zero attached hydrogens (tertiary/aromatic N) is 1. The Morgan fingerprint density at radius 2 is 2.33 bits per heavy atom. The smallest absolute Gasteiger partial charge is 0.222 e.